The second kappa shape index (κ2) is 6.66. The molecule has 106 valence electrons. The third kappa shape index (κ3) is 3.32. The van der Waals surface area contributed by atoms with E-state index in [2.05, 4.69) is 11.0 Å². The van der Waals surface area contributed by atoms with Crippen LogP contribution in [0.5, 0.6) is 11.5 Å². The largest absolute Gasteiger partial charge is 0.497 e. The predicted octanol–water partition coefficient (Wildman–Crippen LogP) is 2.27. The highest BCUT2D eigenvalue weighted by molar-refractivity contribution is 5.61. The van der Waals surface area contributed by atoms with Crippen LogP contribution in [0.1, 0.15) is 19.3 Å². The summed E-state index contributed by atoms with van der Waals surface area (Å²) in [4.78, 5) is 2.39. The number of ether oxygens (including phenoxy) is 2. The van der Waals surface area contributed by atoms with Gasteiger partial charge in [-0.15, -0.1) is 0 Å². The van der Waals surface area contributed by atoms with E-state index in [-0.39, 0.29) is 0 Å². The molecular weight excluding hydrogens is 240 g/mol. The Morgan fingerprint density at radius 3 is 2.84 bits per heavy atom. The van der Waals surface area contributed by atoms with Crippen LogP contribution >= 0.6 is 0 Å². The van der Waals surface area contributed by atoms with E-state index >= 15 is 0 Å². The summed E-state index contributed by atoms with van der Waals surface area (Å²) in [7, 11) is 3.41. The molecule has 19 heavy (non-hydrogen) atoms. The standard InChI is InChI=1S/C15H24N2O2/c1-18-13-5-6-15(19-2)14(10-13)17-9-3-4-12(11-17)7-8-16/h5-6,10,12H,3-4,7-9,11,16H2,1-2H3. The van der Waals surface area contributed by atoms with Crippen molar-refractivity contribution >= 4 is 5.69 Å². The number of methoxy groups -OCH3 is 2. The number of hydrogen-bond acceptors (Lipinski definition) is 4. The molecule has 2 N–H and O–H groups in total. The Morgan fingerprint density at radius 1 is 1.32 bits per heavy atom. The molecule has 1 saturated heterocycles. The van der Waals surface area contributed by atoms with Gasteiger partial charge in [-0.1, -0.05) is 0 Å². The molecule has 0 aromatic heterocycles. The summed E-state index contributed by atoms with van der Waals surface area (Å²) in [6.07, 6.45) is 3.59. The van der Waals surface area contributed by atoms with Gasteiger partial charge in [0.15, 0.2) is 0 Å². The first-order valence-corrected chi connectivity index (χ1v) is 6.95. The second-order valence-corrected chi connectivity index (χ2v) is 5.07. The zero-order valence-corrected chi connectivity index (χ0v) is 11.9. The average Bonchev–Trinajstić information content (AvgIpc) is 2.47. The van der Waals surface area contributed by atoms with Gasteiger partial charge in [-0.3, -0.25) is 0 Å². The smallest absolute Gasteiger partial charge is 0.142 e. The zero-order chi connectivity index (χ0) is 13.7. The minimum atomic E-state index is 0.689. The molecule has 0 aliphatic carbocycles. The molecule has 1 aliphatic heterocycles. The molecule has 4 heteroatoms. The van der Waals surface area contributed by atoms with E-state index < -0.39 is 0 Å². The molecule has 0 saturated carbocycles. The zero-order valence-electron chi connectivity index (χ0n) is 11.9. The van der Waals surface area contributed by atoms with Crippen molar-refractivity contribution in [3.8, 4) is 11.5 Å². The molecule has 1 aromatic carbocycles. The van der Waals surface area contributed by atoms with Crippen LogP contribution in [0.2, 0.25) is 0 Å². The Hall–Kier alpha value is -1.42. The Morgan fingerprint density at radius 2 is 2.16 bits per heavy atom. The lowest BCUT2D eigenvalue weighted by atomic mass is 9.94. The van der Waals surface area contributed by atoms with E-state index in [0.717, 1.165) is 43.2 Å². The maximum absolute atomic E-state index is 5.68. The molecule has 0 amide bonds. The summed E-state index contributed by atoms with van der Waals surface area (Å²) in [5.41, 5.74) is 6.81. The first-order valence-electron chi connectivity index (χ1n) is 6.95. The third-order valence-electron chi connectivity index (χ3n) is 3.82. The molecule has 2 rings (SSSR count). The number of nitrogens with two attached hydrogens (primary N) is 1. The van der Waals surface area contributed by atoms with E-state index in [1.165, 1.54) is 12.8 Å². The SMILES string of the molecule is COc1ccc(OC)c(N2CCCC(CCN)C2)c1. The first-order chi connectivity index (χ1) is 9.28. The Kier molecular flexibility index (Phi) is 4.91. The molecule has 1 aliphatic rings. The minimum Gasteiger partial charge on any atom is -0.497 e. The van der Waals surface area contributed by atoms with Crippen molar-refractivity contribution in [2.24, 2.45) is 11.7 Å². The molecule has 1 heterocycles. The Labute approximate surface area is 115 Å². The van der Waals surface area contributed by atoms with E-state index in [0.29, 0.717) is 5.92 Å². The van der Waals surface area contributed by atoms with Gasteiger partial charge in [0.1, 0.15) is 11.5 Å². The fraction of sp³-hybridized carbons (Fsp3) is 0.600. The van der Waals surface area contributed by atoms with Gasteiger partial charge in [0, 0.05) is 19.2 Å². The quantitative estimate of drug-likeness (QED) is 0.886. The van der Waals surface area contributed by atoms with Crippen molar-refractivity contribution in [2.45, 2.75) is 19.3 Å². The van der Waals surface area contributed by atoms with Crippen LogP contribution in [-0.2, 0) is 0 Å². The lowest BCUT2D eigenvalue weighted by Gasteiger charge is -2.35. The second-order valence-electron chi connectivity index (χ2n) is 5.07. The van der Waals surface area contributed by atoms with Crippen LogP contribution in [0.4, 0.5) is 5.69 Å². The van der Waals surface area contributed by atoms with Crippen molar-refractivity contribution in [1.29, 1.82) is 0 Å². The molecular formula is C15H24N2O2. The van der Waals surface area contributed by atoms with E-state index in [1.807, 2.05) is 12.1 Å². The lowest BCUT2D eigenvalue weighted by molar-refractivity contribution is 0.381. The van der Waals surface area contributed by atoms with Gasteiger partial charge in [0.05, 0.1) is 19.9 Å². The van der Waals surface area contributed by atoms with E-state index in [1.54, 1.807) is 14.2 Å². The molecule has 1 unspecified atom stereocenters. The summed E-state index contributed by atoms with van der Waals surface area (Å²) in [6.45, 7) is 2.90. The minimum absolute atomic E-state index is 0.689. The van der Waals surface area contributed by atoms with Crippen molar-refractivity contribution in [3.05, 3.63) is 18.2 Å². The summed E-state index contributed by atoms with van der Waals surface area (Å²) in [6, 6.07) is 5.97. The normalized spacial score (nSPS) is 19.3. The topological polar surface area (TPSA) is 47.7 Å². The molecule has 1 atom stereocenters. The van der Waals surface area contributed by atoms with Gasteiger partial charge in [0.2, 0.25) is 0 Å². The van der Waals surface area contributed by atoms with Gasteiger partial charge in [0.25, 0.3) is 0 Å². The molecule has 0 bridgehead atoms. The number of benzene rings is 1. The van der Waals surface area contributed by atoms with Crippen molar-refractivity contribution in [1.82, 2.24) is 0 Å². The molecule has 1 fully saturated rings. The van der Waals surface area contributed by atoms with Gasteiger partial charge < -0.3 is 20.1 Å². The van der Waals surface area contributed by atoms with E-state index in [4.69, 9.17) is 15.2 Å². The summed E-state index contributed by atoms with van der Waals surface area (Å²) >= 11 is 0. The van der Waals surface area contributed by atoms with Crippen LogP contribution < -0.4 is 20.1 Å². The highest BCUT2D eigenvalue weighted by Gasteiger charge is 2.22. The molecule has 1 aromatic rings. The Bertz CT molecular complexity index is 407. The Balaban J connectivity index is 2.19. The van der Waals surface area contributed by atoms with Crippen molar-refractivity contribution in [2.75, 3.05) is 38.8 Å². The maximum Gasteiger partial charge on any atom is 0.142 e. The first kappa shape index (κ1) is 14.0. The third-order valence-corrected chi connectivity index (χ3v) is 3.82. The summed E-state index contributed by atoms with van der Waals surface area (Å²) in [5, 5.41) is 0. The average molecular weight is 264 g/mol. The number of piperidine rings is 1. The number of nitrogens with zero attached hydrogens (tertiary/aromatic N) is 1. The van der Waals surface area contributed by atoms with Gasteiger partial charge in [-0.05, 0) is 43.9 Å². The fourth-order valence-electron chi connectivity index (χ4n) is 2.80. The van der Waals surface area contributed by atoms with Gasteiger partial charge >= 0.3 is 0 Å². The monoisotopic (exact) mass is 264 g/mol. The van der Waals surface area contributed by atoms with Gasteiger partial charge in [-0.2, -0.15) is 0 Å². The fourth-order valence-corrected chi connectivity index (χ4v) is 2.80. The summed E-state index contributed by atoms with van der Waals surface area (Å²) < 4.78 is 10.8. The van der Waals surface area contributed by atoms with Crippen LogP contribution in [0, 0.1) is 5.92 Å². The van der Waals surface area contributed by atoms with E-state index in [9.17, 15) is 0 Å². The van der Waals surface area contributed by atoms with Crippen LogP contribution in [0.3, 0.4) is 0 Å². The maximum atomic E-state index is 5.68. The highest BCUT2D eigenvalue weighted by Crippen LogP contribution is 2.35. The van der Waals surface area contributed by atoms with Crippen LogP contribution in [0.25, 0.3) is 0 Å². The molecule has 0 spiro atoms. The summed E-state index contributed by atoms with van der Waals surface area (Å²) in [5.74, 6) is 2.47. The van der Waals surface area contributed by atoms with Crippen molar-refractivity contribution < 1.29 is 9.47 Å². The van der Waals surface area contributed by atoms with Crippen LogP contribution in [0.15, 0.2) is 18.2 Å². The molecule has 4 nitrogen and oxygen atoms in total. The van der Waals surface area contributed by atoms with Crippen molar-refractivity contribution in [3.63, 3.8) is 0 Å². The lowest BCUT2D eigenvalue weighted by Crippen LogP contribution is -2.36. The molecule has 0 radical (unpaired) electrons. The number of rotatable bonds is 5. The predicted molar refractivity (Wildman–Crippen MR) is 78.2 cm³/mol. The highest BCUT2D eigenvalue weighted by atomic mass is 16.5. The number of anilines is 1. The van der Waals surface area contributed by atoms with Gasteiger partial charge in [-0.25, -0.2) is 0 Å². The van der Waals surface area contributed by atoms with Crippen LogP contribution in [-0.4, -0.2) is 33.9 Å². The number of hydrogen-bond donors (Lipinski definition) is 1.